The summed E-state index contributed by atoms with van der Waals surface area (Å²) in [5, 5.41) is 0. The zero-order valence-electron chi connectivity index (χ0n) is 8.05. The predicted molar refractivity (Wildman–Crippen MR) is 51.6 cm³/mol. The van der Waals surface area contributed by atoms with Crippen molar-refractivity contribution in [1.82, 2.24) is 6.15 Å². The van der Waals surface area contributed by atoms with Crippen molar-refractivity contribution in [2.45, 2.75) is 12.8 Å². The van der Waals surface area contributed by atoms with Crippen LogP contribution >= 0.6 is 0 Å². The van der Waals surface area contributed by atoms with Gasteiger partial charge in [0, 0.05) is 0 Å². The Bertz CT molecular complexity index is 42.0. The fourth-order valence-electron chi connectivity index (χ4n) is 0.236. The minimum atomic E-state index is 0. The fourth-order valence-corrected chi connectivity index (χ4v) is 0.236. The van der Waals surface area contributed by atoms with Crippen LogP contribution in [0.5, 0.6) is 0 Å². The molecular weight excluding hydrogens is 213 g/mol. The van der Waals surface area contributed by atoms with Gasteiger partial charge in [-0.25, -0.2) is 0 Å². The Balaban J connectivity index is -0.0000000491. The minimum absolute atomic E-state index is 0. The number of halogens is 1. The Morgan fingerprint density at radius 3 is 0.846 bits per heavy atom. The maximum atomic E-state index is 9.38. The fraction of sp³-hybridized carbons (Fsp3) is 1.00. The van der Waals surface area contributed by atoms with Crippen LogP contribution in [0.1, 0.15) is 12.8 Å². The van der Waals surface area contributed by atoms with Crippen molar-refractivity contribution in [2.24, 2.45) is 22.9 Å². The molecule has 0 aliphatic rings. The molecule has 0 aliphatic heterocycles. The Hall–Kier alpha value is 0.262. The molecule has 0 saturated heterocycles. The second-order valence-electron chi connectivity index (χ2n) is 1.86. The van der Waals surface area contributed by atoms with Crippen molar-refractivity contribution in [2.75, 3.05) is 26.2 Å². The summed E-state index contributed by atoms with van der Waals surface area (Å²) in [5.74, 6) is 0. The number of hydrogen-bond acceptors (Lipinski definition) is 5. The normalized spacial score (nSPS) is 6.77. The van der Waals surface area contributed by atoms with Crippen molar-refractivity contribution >= 4 is 0 Å². The summed E-state index contributed by atoms with van der Waals surface area (Å²) in [6.45, 7) is 2.88. The Kier molecular flexibility index (Phi) is 70.9. The van der Waals surface area contributed by atoms with E-state index in [1.807, 2.05) is 0 Å². The third-order valence-corrected chi connectivity index (χ3v) is 0.816. The van der Waals surface area contributed by atoms with Crippen LogP contribution in [-0.4, -0.2) is 26.2 Å². The second kappa shape index (κ2) is 39.7. The molecule has 83 valence electrons. The van der Waals surface area contributed by atoms with Gasteiger partial charge in [-0.05, 0) is 39.0 Å². The molecule has 0 saturated carbocycles. The second-order valence-corrected chi connectivity index (χ2v) is 1.86. The van der Waals surface area contributed by atoms with Gasteiger partial charge < -0.3 is 29.1 Å². The van der Waals surface area contributed by atoms with Crippen molar-refractivity contribution in [3.05, 3.63) is 0 Å². The Morgan fingerprint density at radius 2 is 0.846 bits per heavy atom. The standard InChI is InChI=1S/2C3H10N2.Cr.FH.H3N/c2*4-2-1-3-5;;;/h2*1-5H2;;1H;1H3/q;;+3;;/p-1. The van der Waals surface area contributed by atoms with Crippen LogP contribution in [0.15, 0.2) is 0 Å². The quantitative estimate of drug-likeness (QED) is 0.433. The molecule has 0 heterocycles. The summed E-state index contributed by atoms with van der Waals surface area (Å²) in [4.78, 5) is 0. The van der Waals surface area contributed by atoms with E-state index in [1.54, 1.807) is 0 Å². The van der Waals surface area contributed by atoms with Gasteiger partial charge in [0.2, 0.25) is 0 Å². The topological polar surface area (TPSA) is 139 Å². The molecule has 0 spiro atoms. The van der Waals surface area contributed by atoms with E-state index >= 15 is 0 Å². The number of rotatable bonds is 4. The molecule has 0 aliphatic carbocycles. The van der Waals surface area contributed by atoms with Gasteiger partial charge in [0.1, 0.15) is 0 Å². The molecule has 7 heteroatoms. The van der Waals surface area contributed by atoms with Gasteiger partial charge in [-0.3, -0.25) is 0 Å². The van der Waals surface area contributed by atoms with Gasteiger partial charge in [0.25, 0.3) is 0 Å². The molecule has 0 radical (unpaired) electrons. The molecule has 0 fully saturated rings. The molecular formula is C6H23CrFN5+2. The van der Waals surface area contributed by atoms with Crippen LogP contribution < -0.4 is 29.1 Å². The van der Waals surface area contributed by atoms with E-state index < -0.39 is 0 Å². The van der Waals surface area contributed by atoms with Gasteiger partial charge in [0.15, 0.2) is 0 Å². The van der Waals surface area contributed by atoms with E-state index in [1.165, 1.54) is 0 Å². The third kappa shape index (κ3) is 71.1. The SMILES string of the molecule is N.NCCCN.NCCCN.[F][Cr+2]. The van der Waals surface area contributed by atoms with Gasteiger partial charge in [-0.1, -0.05) is 0 Å². The van der Waals surface area contributed by atoms with Gasteiger partial charge >= 0.3 is 20.3 Å². The van der Waals surface area contributed by atoms with Crippen LogP contribution in [0.2, 0.25) is 0 Å². The molecule has 0 aromatic rings. The Labute approximate surface area is 88.9 Å². The first-order valence-electron chi connectivity index (χ1n) is 3.79. The zero-order valence-corrected chi connectivity index (χ0v) is 9.32. The summed E-state index contributed by atoms with van der Waals surface area (Å²) < 4.78 is 9.38. The zero-order chi connectivity index (χ0) is 10.2. The molecule has 5 nitrogen and oxygen atoms in total. The van der Waals surface area contributed by atoms with Crippen molar-refractivity contribution in [3.8, 4) is 0 Å². The summed E-state index contributed by atoms with van der Waals surface area (Å²) in [6, 6.07) is 0. The van der Waals surface area contributed by atoms with Crippen molar-refractivity contribution in [1.29, 1.82) is 0 Å². The van der Waals surface area contributed by atoms with Crippen LogP contribution in [0.25, 0.3) is 0 Å². The molecule has 0 amide bonds. The van der Waals surface area contributed by atoms with E-state index in [2.05, 4.69) is 0 Å². The van der Waals surface area contributed by atoms with Crippen molar-refractivity contribution < 1.29 is 20.3 Å². The van der Waals surface area contributed by atoms with E-state index in [0.717, 1.165) is 55.8 Å². The Morgan fingerprint density at radius 1 is 0.692 bits per heavy atom. The molecule has 0 aromatic heterocycles. The molecule has 0 rings (SSSR count). The van der Waals surface area contributed by atoms with Crippen LogP contribution in [0.4, 0.5) is 3.52 Å². The van der Waals surface area contributed by atoms with Crippen LogP contribution in [-0.2, 0) is 16.7 Å². The molecule has 0 atom stereocenters. The number of hydrogen-bond donors (Lipinski definition) is 5. The predicted octanol–water partition coefficient (Wildman–Crippen LogP) is -0.833. The first-order valence-corrected chi connectivity index (χ1v) is 4.27. The van der Waals surface area contributed by atoms with Gasteiger partial charge in [0.05, 0.1) is 0 Å². The van der Waals surface area contributed by atoms with Crippen LogP contribution in [0, 0.1) is 0 Å². The van der Waals surface area contributed by atoms with Crippen LogP contribution in [0.3, 0.4) is 0 Å². The average Bonchev–Trinajstić information content (AvgIpc) is 2.12. The molecule has 0 unspecified atom stereocenters. The first-order chi connectivity index (χ1) is 5.83. The summed E-state index contributed by atoms with van der Waals surface area (Å²) in [6.07, 6.45) is 1.89. The summed E-state index contributed by atoms with van der Waals surface area (Å²) in [7, 11) is 0. The van der Waals surface area contributed by atoms with E-state index in [9.17, 15) is 3.52 Å². The average molecular weight is 236 g/mol. The van der Waals surface area contributed by atoms with Gasteiger partial charge in [-0.2, -0.15) is 0 Å². The van der Waals surface area contributed by atoms with E-state index in [4.69, 9.17) is 22.9 Å². The molecule has 0 aromatic carbocycles. The molecule has 0 bridgehead atoms. The number of nitrogens with two attached hydrogens (primary N) is 4. The molecule has 13 heavy (non-hydrogen) atoms. The molecule has 11 N–H and O–H groups in total. The summed E-state index contributed by atoms with van der Waals surface area (Å²) >= 11 is 1.12. The van der Waals surface area contributed by atoms with Gasteiger partial charge in [-0.15, -0.1) is 0 Å². The van der Waals surface area contributed by atoms with E-state index in [0.29, 0.717) is 0 Å². The third-order valence-electron chi connectivity index (χ3n) is 0.816. The van der Waals surface area contributed by atoms with Crippen molar-refractivity contribution in [3.63, 3.8) is 0 Å². The maximum absolute atomic E-state index is 9.38. The summed E-state index contributed by atoms with van der Waals surface area (Å²) in [5.41, 5.74) is 20.2. The van der Waals surface area contributed by atoms with E-state index in [-0.39, 0.29) is 6.15 Å². The monoisotopic (exact) mass is 236 g/mol. The first kappa shape index (κ1) is 23.2.